The van der Waals surface area contributed by atoms with Gasteiger partial charge in [0.25, 0.3) is 0 Å². The van der Waals surface area contributed by atoms with E-state index in [1.54, 1.807) is 0 Å². The van der Waals surface area contributed by atoms with Crippen molar-refractivity contribution in [3.8, 4) is 11.8 Å². The van der Waals surface area contributed by atoms with Crippen molar-refractivity contribution < 1.29 is 40.3 Å². The first kappa shape index (κ1) is 39.6. The maximum atomic E-state index is 13.4. The van der Waals surface area contributed by atoms with Crippen LogP contribution in [0.5, 0.6) is 0 Å². The third-order valence-electron chi connectivity index (χ3n) is 10.8. The Labute approximate surface area is 264 Å². The Hall–Kier alpha value is -0.546. The van der Waals surface area contributed by atoms with Crippen LogP contribution in [0.2, 0.25) is 37.8 Å². The molecule has 0 aromatic heterocycles. The molecule has 0 aromatic carbocycles. The van der Waals surface area contributed by atoms with Gasteiger partial charge in [0.2, 0.25) is 0 Å². The van der Waals surface area contributed by atoms with Gasteiger partial charge >= 0.3 is 18.0 Å². The summed E-state index contributed by atoms with van der Waals surface area (Å²) in [6, 6.07) is 0. The Morgan fingerprint density at radius 1 is 0.841 bits per heavy atom. The maximum Gasteiger partial charge on any atom is 0.438 e. The van der Waals surface area contributed by atoms with E-state index in [4.69, 9.17) is 8.85 Å². The molecule has 11 heteroatoms. The third-order valence-corrected chi connectivity index (χ3v) is 16.5. The molecule has 0 aromatic rings. The van der Waals surface area contributed by atoms with E-state index < -0.39 is 45.6 Å². The van der Waals surface area contributed by atoms with Crippen molar-refractivity contribution in [3.63, 3.8) is 0 Å². The monoisotopic (exact) mass is 672 g/mol. The molecule has 2 saturated carbocycles. The predicted molar refractivity (Wildman–Crippen MR) is 170 cm³/mol. The largest absolute Gasteiger partial charge is 0.438 e. The van der Waals surface area contributed by atoms with E-state index in [9.17, 15) is 31.4 Å². The van der Waals surface area contributed by atoms with Crippen molar-refractivity contribution in [2.24, 2.45) is 22.7 Å². The van der Waals surface area contributed by atoms with E-state index in [1.807, 2.05) is 20.8 Å². The van der Waals surface area contributed by atoms with E-state index in [2.05, 4.69) is 66.4 Å². The van der Waals surface area contributed by atoms with Gasteiger partial charge in [-0.05, 0) is 119 Å². The summed E-state index contributed by atoms with van der Waals surface area (Å²) >= 11 is 0. The first-order chi connectivity index (χ1) is 19.4. The van der Waals surface area contributed by atoms with Crippen LogP contribution in [0, 0.1) is 34.5 Å². The molecule has 1 N–H and O–H groups in total. The fraction of sp³-hybridized carbons (Fsp3) is 0.939. The first-order valence-corrected chi connectivity index (χ1v) is 22.5. The number of hydrogen-bond acceptors (Lipinski definition) is 3. The molecule has 2 fully saturated rings. The van der Waals surface area contributed by atoms with Gasteiger partial charge in [-0.3, -0.25) is 0 Å². The van der Waals surface area contributed by atoms with Crippen LogP contribution in [0.3, 0.4) is 0 Å². The van der Waals surface area contributed by atoms with Gasteiger partial charge in [0.15, 0.2) is 16.6 Å². The lowest BCUT2D eigenvalue weighted by molar-refractivity contribution is -0.343. The number of alkyl halides is 6. The van der Waals surface area contributed by atoms with Crippen LogP contribution in [-0.4, -0.2) is 51.4 Å². The second-order valence-electron chi connectivity index (χ2n) is 17.2. The van der Waals surface area contributed by atoms with Crippen LogP contribution >= 0.6 is 0 Å². The molecule has 44 heavy (non-hydrogen) atoms. The number of fused-ring (bicyclic) bond motifs is 1. The molecule has 2 rings (SSSR count). The normalized spacial score (nSPS) is 27.4. The minimum atomic E-state index is -5.96. The molecule has 2 aliphatic rings. The van der Waals surface area contributed by atoms with Gasteiger partial charge in [-0.15, -0.1) is 0 Å². The fourth-order valence-corrected chi connectivity index (χ4v) is 11.0. The number of hydrogen-bond donors (Lipinski definition) is 1. The van der Waals surface area contributed by atoms with Crippen LogP contribution in [0.15, 0.2) is 0 Å². The lowest BCUT2D eigenvalue weighted by atomic mass is 9.56. The fourth-order valence-electron chi connectivity index (χ4n) is 7.82. The highest BCUT2D eigenvalue weighted by Gasteiger charge is 2.70. The summed E-state index contributed by atoms with van der Waals surface area (Å²) < 4.78 is 94.0. The molecule has 3 nitrogen and oxygen atoms in total. The molecule has 0 aliphatic heterocycles. The summed E-state index contributed by atoms with van der Waals surface area (Å²) in [7, 11) is -3.91. The Morgan fingerprint density at radius 3 is 1.86 bits per heavy atom. The topological polar surface area (TPSA) is 38.7 Å². The summed E-state index contributed by atoms with van der Waals surface area (Å²) in [5.41, 5.74) is -6.32. The van der Waals surface area contributed by atoms with Crippen molar-refractivity contribution in [1.29, 1.82) is 0 Å². The lowest BCUT2D eigenvalue weighted by Crippen LogP contribution is -2.55. The Kier molecular flexibility index (Phi) is 11.5. The highest BCUT2D eigenvalue weighted by atomic mass is 28.4. The molecule has 1 unspecified atom stereocenters. The minimum Gasteiger partial charge on any atom is -0.414 e. The zero-order valence-electron chi connectivity index (χ0n) is 29.1. The average Bonchev–Trinajstić information content (AvgIpc) is 3.13. The zero-order valence-corrected chi connectivity index (χ0v) is 31.1. The molecule has 258 valence electrons. The van der Waals surface area contributed by atoms with Gasteiger partial charge < -0.3 is 14.0 Å². The zero-order chi connectivity index (χ0) is 34.4. The van der Waals surface area contributed by atoms with Gasteiger partial charge in [0, 0.05) is 12.5 Å². The predicted octanol–water partition coefficient (Wildman–Crippen LogP) is 10.6. The van der Waals surface area contributed by atoms with Crippen LogP contribution in [0.25, 0.3) is 0 Å². The van der Waals surface area contributed by atoms with E-state index in [0.717, 1.165) is 32.1 Å². The summed E-state index contributed by atoms with van der Waals surface area (Å²) in [4.78, 5) is 0. The van der Waals surface area contributed by atoms with Gasteiger partial charge in [-0.2, -0.15) is 26.3 Å². The lowest BCUT2D eigenvalue weighted by Gasteiger charge is -2.52. The second-order valence-corrected chi connectivity index (χ2v) is 26.4. The first-order valence-electron chi connectivity index (χ1n) is 16.1. The van der Waals surface area contributed by atoms with Crippen LogP contribution < -0.4 is 0 Å². The molecule has 2 aliphatic carbocycles. The SMILES string of the molecule is CC(C)(CCC[C@](C)(CC#CC(O)(C(F)(F)F)C(F)(F)F)[C@H]1CCC2[C@@H](O[Si](C)(C)C(C)(C)C)CCC[C@@]21C)O[Si](C)(C)C. The highest BCUT2D eigenvalue weighted by Crippen LogP contribution is 2.63. The van der Waals surface area contributed by atoms with E-state index >= 15 is 0 Å². The molecule has 0 spiro atoms. The minimum absolute atomic E-state index is 0.0333. The summed E-state index contributed by atoms with van der Waals surface area (Å²) in [5.74, 6) is 3.78. The molecular weight excluding hydrogens is 615 g/mol. The second kappa shape index (κ2) is 12.8. The maximum absolute atomic E-state index is 13.4. The molecule has 0 bridgehead atoms. The standard InChI is InChI=1S/C33H58F6O3Si2/c1-27(2,3)44(11,12)41-25-16-13-22-30(7)24(25)17-18-26(30)29(6,20-14-19-28(4,5)42-43(8,9)10)21-15-23-31(40,32(34,35)36)33(37,38)39/h24-26,40H,13-14,16-22H2,1-12H3/t24?,25-,26+,29+,30-/m0/s1. The van der Waals surface area contributed by atoms with Crippen LogP contribution in [-0.2, 0) is 8.85 Å². The molecule has 0 saturated heterocycles. The molecule has 0 amide bonds. The van der Waals surface area contributed by atoms with Gasteiger partial charge in [-0.1, -0.05) is 53.4 Å². The highest BCUT2D eigenvalue weighted by molar-refractivity contribution is 6.74. The molecule has 0 heterocycles. The number of halogens is 6. The molecular formula is C33H58F6O3Si2. The van der Waals surface area contributed by atoms with Crippen LogP contribution in [0.1, 0.15) is 106 Å². The molecule has 5 atom stereocenters. The number of rotatable bonds is 10. The Morgan fingerprint density at radius 2 is 1.39 bits per heavy atom. The van der Waals surface area contributed by atoms with Crippen molar-refractivity contribution in [3.05, 3.63) is 0 Å². The van der Waals surface area contributed by atoms with Crippen molar-refractivity contribution in [1.82, 2.24) is 0 Å². The van der Waals surface area contributed by atoms with Gasteiger partial charge in [-0.25, -0.2) is 0 Å². The smallest absolute Gasteiger partial charge is 0.414 e. The number of aliphatic hydroxyl groups is 1. The van der Waals surface area contributed by atoms with E-state index in [1.165, 1.54) is 5.92 Å². The van der Waals surface area contributed by atoms with Gasteiger partial charge in [0.1, 0.15) is 0 Å². The van der Waals surface area contributed by atoms with Crippen molar-refractivity contribution in [2.45, 2.75) is 174 Å². The van der Waals surface area contributed by atoms with Crippen LogP contribution in [0.4, 0.5) is 26.3 Å². The summed E-state index contributed by atoms with van der Waals surface area (Å²) in [6.45, 7) is 25.8. The molecule has 0 radical (unpaired) electrons. The Balaban J connectivity index is 2.47. The Bertz CT molecular complexity index is 1030. The quantitative estimate of drug-likeness (QED) is 0.143. The third kappa shape index (κ3) is 8.87. The summed E-state index contributed by atoms with van der Waals surface area (Å²) in [6.07, 6.45) is -5.46. The van der Waals surface area contributed by atoms with E-state index in [-0.39, 0.29) is 34.8 Å². The van der Waals surface area contributed by atoms with Crippen molar-refractivity contribution >= 4 is 16.6 Å². The van der Waals surface area contributed by atoms with Gasteiger partial charge in [0.05, 0.1) is 5.60 Å². The summed E-state index contributed by atoms with van der Waals surface area (Å²) in [5, 5.41) is 9.78. The van der Waals surface area contributed by atoms with E-state index in [0.29, 0.717) is 19.3 Å². The van der Waals surface area contributed by atoms with Crippen molar-refractivity contribution in [2.75, 3.05) is 0 Å². The average molecular weight is 673 g/mol.